The lowest BCUT2D eigenvalue weighted by molar-refractivity contribution is 0.669. The molecule has 0 bridgehead atoms. The van der Waals surface area contributed by atoms with Crippen molar-refractivity contribution in [1.82, 2.24) is 15.3 Å². The molecule has 3 heteroatoms. The summed E-state index contributed by atoms with van der Waals surface area (Å²) in [5.74, 6) is 0. The van der Waals surface area contributed by atoms with Crippen LogP contribution in [-0.4, -0.2) is 9.97 Å². The van der Waals surface area contributed by atoms with Crippen LogP contribution in [0, 0.1) is 0 Å². The molecule has 0 unspecified atom stereocenters. The molecule has 0 amide bonds. The Labute approximate surface area is 112 Å². The van der Waals surface area contributed by atoms with Crippen LogP contribution in [0.15, 0.2) is 60.8 Å². The molecule has 0 aliphatic heterocycles. The monoisotopic (exact) mass is 249 g/mol. The first-order valence-corrected chi connectivity index (χ1v) is 6.37. The molecule has 0 fully saturated rings. The fraction of sp³-hybridized carbons (Fsp3) is 0.125. The van der Waals surface area contributed by atoms with Crippen LogP contribution in [0.2, 0.25) is 0 Å². The summed E-state index contributed by atoms with van der Waals surface area (Å²) in [5, 5.41) is 4.53. The second-order valence-corrected chi connectivity index (χ2v) is 4.42. The summed E-state index contributed by atoms with van der Waals surface area (Å²) in [6.45, 7) is 1.51. The number of aromatic nitrogens is 2. The van der Waals surface area contributed by atoms with Crippen LogP contribution in [0.4, 0.5) is 0 Å². The molecule has 0 atom stereocenters. The van der Waals surface area contributed by atoms with Crippen molar-refractivity contribution in [1.29, 1.82) is 0 Å². The third-order valence-electron chi connectivity index (χ3n) is 2.99. The molecule has 19 heavy (non-hydrogen) atoms. The highest BCUT2D eigenvalue weighted by Crippen LogP contribution is 2.11. The van der Waals surface area contributed by atoms with Crippen LogP contribution in [0.3, 0.4) is 0 Å². The van der Waals surface area contributed by atoms with Gasteiger partial charge in [0.05, 0.1) is 16.9 Å². The number of fused-ring (bicyclic) bond motifs is 1. The average Bonchev–Trinajstić information content (AvgIpc) is 2.48. The van der Waals surface area contributed by atoms with Gasteiger partial charge in [0.25, 0.3) is 0 Å². The molecule has 0 spiro atoms. The van der Waals surface area contributed by atoms with Gasteiger partial charge in [-0.2, -0.15) is 0 Å². The average molecular weight is 249 g/mol. The van der Waals surface area contributed by atoms with Gasteiger partial charge in [-0.05, 0) is 24.3 Å². The second-order valence-electron chi connectivity index (χ2n) is 4.42. The zero-order valence-electron chi connectivity index (χ0n) is 10.6. The minimum atomic E-state index is 0.751. The van der Waals surface area contributed by atoms with Gasteiger partial charge in [0.1, 0.15) is 0 Å². The molecule has 1 N–H and O–H groups in total. The van der Waals surface area contributed by atoms with E-state index in [4.69, 9.17) is 0 Å². The third kappa shape index (κ3) is 2.95. The highest BCUT2D eigenvalue weighted by Gasteiger charge is 1.98. The Kier molecular flexibility index (Phi) is 3.47. The van der Waals surface area contributed by atoms with Crippen molar-refractivity contribution in [2.75, 3.05) is 0 Å². The van der Waals surface area contributed by atoms with Crippen molar-refractivity contribution in [3.05, 3.63) is 72.2 Å². The lowest BCUT2D eigenvalue weighted by atomic mass is 10.2. The summed E-state index contributed by atoms with van der Waals surface area (Å²) in [6.07, 6.45) is 1.81. The van der Waals surface area contributed by atoms with Crippen molar-refractivity contribution >= 4 is 10.9 Å². The molecule has 2 aromatic heterocycles. The van der Waals surface area contributed by atoms with Crippen molar-refractivity contribution in [3.63, 3.8) is 0 Å². The van der Waals surface area contributed by atoms with E-state index in [1.807, 2.05) is 42.6 Å². The summed E-state index contributed by atoms with van der Waals surface area (Å²) in [7, 11) is 0. The number of pyridine rings is 2. The second kappa shape index (κ2) is 5.59. The van der Waals surface area contributed by atoms with Gasteiger partial charge in [0, 0.05) is 24.7 Å². The van der Waals surface area contributed by atoms with E-state index < -0.39 is 0 Å². The molecule has 3 nitrogen and oxygen atoms in total. The molecule has 2 heterocycles. The summed E-state index contributed by atoms with van der Waals surface area (Å²) in [6, 6.07) is 18.3. The van der Waals surface area contributed by atoms with Crippen LogP contribution in [0.5, 0.6) is 0 Å². The van der Waals surface area contributed by atoms with Crippen LogP contribution in [0.25, 0.3) is 10.9 Å². The van der Waals surface area contributed by atoms with Gasteiger partial charge in [0.2, 0.25) is 0 Å². The number of hydrogen-bond acceptors (Lipinski definition) is 3. The van der Waals surface area contributed by atoms with Gasteiger partial charge in [0.15, 0.2) is 0 Å². The van der Waals surface area contributed by atoms with Crippen LogP contribution in [0.1, 0.15) is 11.4 Å². The molecule has 0 aliphatic carbocycles. The predicted molar refractivity (Wildman–Crippen MR) is 76.5 cm³/mol. The minimum Gasteiger partial charge on any atom is -0.306 e. The summed E-state index contributed by atoms with van der Waals surface area (Å²) in [4.78, 5) is 8.90. The normalized spacial score (nSPS) is 10.7. The maximum absolute atomic E-state index is 4.62. The highest BCUT2D eigenvalue weighted by molar-refractivity contribution is 5.78. The van der Waals surface area contributed by atoms with Crippen molar-refractivity contribution in [2.45, 2.75) is 13.1 Å². The highest BCUT2D eigenvalue weighted by atomic mass is 14.9. The quantitative estimate of drug-likeness (QED) is 0.772. The zero-order chi connectivity index (χ0) is 12.9. The fourth-order valence-electron chi connectivity index (χ4n) is 2.03. The summed E-state index contributed by atoms with van der Waals surface area (Å²) < 4.78 is 0. The minimum absolute atomic E-state index is 0.751. The maximum Gasteiger partial charge on any atom is 0.0705 e. The van der Waals surface area contributed by atoms with Crippen LogP contribution >= 0.6 is 0 Å². The van der Waals surface area contributed by atoms with E-state index in [1.54, 1.807) is 0 Å². The van der Waals surface area contributed by atoms with E-state index in [-0.39, 0.29) is 0 Å². The molecule has 3 rings (SSSR count). The molecule has 1 aromatic carbocycles. The number of rotatable bonds is 4. The maximum atomic E-state index is 4.62. The molecular formula is C16H15N3. The Morgan fingerprint density at radius 3 is 2.53 bits per heavy atom. The van der Waals surface area contributed by atoms with Crippen molar-refractivity contribution in [3.8, 4) is 0 Å². The van der Waals surface area contributed by atoms with Crippen LogP contribution in [-0.2, 0) is 13.1 Å². The Bertz CT molecular complexity index is 665. The molecule has 0 saturated heterocycles. The van der Waals surface area contributed by atoms with Gasteiger partial charge in [-0.3, -0.25) is 9.97 Å². The Hall–Kier alpha value is -2.26. The fourth-order valence-corrected chi connectivity index (χ4v) is 2.03. The zero-order valence-corrected chi connectivity index (χ0v) is 10.6. The Morgan fingerprint density at radius 2 is 1.63 bits per heavy atom. The molecular weight excluding hydrogens is 234 g/mol. The first-order chi connectivity index (χ1) is 9.42. The number of nitrogens with zero attached hydrogens (tertiary/aromatic N) is 2. The van der Waals surface area contributed by atoms with Gasteiger partial charge in [-0.1, -0.05) is 30.3 Å². The van der Waals surface area contributed by atoms with Gasteiger partial charge in [-0.25, -0.2) is 0 Å². The van der Waals surface area contributed by atoms with E-state index in [1.165, 1.54) is 5.39 Å². The van der Waals surface area contributed by atoms with E-state index in [0.717, 1.165) is 30.0 Å². The van der Waals surface area contributed by atoms with E-state index in [9.17, 15) is 0 Å². The Balaban J connectivity index is 1.65. The van der Waals surface area contributed by atoms with Gasteiger partial charge in [-0.15, -0.1) is 0 Å². The van der Waals surface area contributed by atoms with Crippen molar-refractivity contribution < 1.29 is 0 Å². The van der Waals surface area contributed by atoms with E-state index in [2.05, 4.69) is 33.5 Å². The molecule has 3 aromatic rings. The first-order valence-electron chi connectivity index (χ1n) is 6.37. The summed E-state index contributed by atoms with van der Waals surface area (Å²) in [5.41, 5.74) is 3.14. The lowest BCUT2D eigenvalue weighted by Gasteiger charge is -2.05. The van der Waals surface area contributed by atoms with Crippen LogP contribution < -0.4 is 5.32 Å². The largest absolute Gasteiger partial charge is 0.306 e. The smallest absolute Gasteiger partial charge is 0.0705 e. The molecule has 0 radical (unpaired) electrons. The predicted octanol–water partition coefficient (Wildman–Crippen LogP) is 2.92. The molecule has 0 saturated carbocycles. The standard InChI is InChI=1S/C16H15N3/c1-2-7-16-13(5-1)8-9-15(19-16)12-17-11-14-6-3-4-10-18-14/h1-10,17H,11-12H2. The third-order valence-corrected chi connectivity index (χ3v) is 2.99. The van der Waals surface area contributed by atoms with E-state index in [0.29, 0.717) is 0 Å². The lowest BCUT2D eigenvalue weighted by Crippen LogP contribution is -2.14. The number of para-hydroxylation sites is 1. The molecule has 0 aliphatic rings. The SMILES string of the molecule is c1ccc(CNCc2ccc3ccccc3n2)nc1. The first kappa shape index (κ1) is 11.8. The Morgan fingerprint density at radius 1 is 0.789 bits per heavy atom. The summed E-state index contributed by atoms with van der Waals surface area (Å²) >= 11 is 0. The number of hydrogen-bond donors (Lipinski definition) is 1. The number of benzene rings is 1. The topological polar surface area (TPSA) is 37.8 Å². The molecule has 94 valence electrons. The van der Waals surface area contributed by atoms with E-state index >= 15 is 0 Å². The van der Waals surface area contributed by atoms with Gasteiger partial charge >= 0.3 is 0 Å². The van der Waals surface area contributed by atoms with Gasteiger partial charge < -0.3 is 5.32 Å². The number of nitrogens with one attached hydrogen (secondary N) is 1. The van der Waals surface area contributed by atoms with Crippen molar-refractivity contribution in [2.24, 2.45) is 0 Å².